The van der Waals surface area contributed by atoms with Crippen molar-refractivity contribution in [2.45, 2.75) is 37.5 Å². The van der Waals surface area contributed by atoms with E-state index in [-0.39, 0.29) is 30.9 Å². The van der Waals surface area contributed by atoms with Crippen molar-refractivity contribution in [3.8, 4) is 0 Å². The number of nitrogens with zero attached hydrogens (tertiary/aromatic N) is 1. The largest absolute Gasteiger partial charge is 0.387 e. The second kappa shape index (κ2) is 9.54. The zero-order chi connectivity index (χ0) is 15.5. The van der Waals surface area contributed by atoms with Gasteiger partial charge in [-0.15, -0.1) is 24.8 Å². The van der Waals surface area contributed by atoms with Crippen molar-refractivity contribution >= 4 is 36.4 Å². The van der Waals surface area contributed by atoms with Gasteiger partial charge in [-0.25, -0.2) is 4.39 Å². The number of halogens is 4. The van der Waals surface area contributed by atoms with Gasteiger partial charge < -0.3 is 10.4 Å². The summed E-state index contributed by atoms with van der Waals surface area (Å²) in [5.74, 6) is -0.424. The van der Waals surface area contributed by atoms with Gasteiger partial charge in [0.05, 0.1) is 12.3 Å². The smallest absolute Gasteiger partial charge is 0.141 e. The van der Waals surface area contributed by atoms with Crippen LogP contribution in [0.25, 0.3) is 0 Å². The minimum absolute atomic E-state index is 0. The molecule has 0 aliphatic carbocycles. The zero-order valence-corrected chi connectivity index (χ0v) is 15.3. The Morgan fingerprint density at radius 3 is 2.58 bits per heavy atom. The predicted octanol–water partition coefficient (Wildman–Crippen LogP) is 4.11. The maximum Gasteiger partial charge on any atom is 0.141 e. The Bertz CT molecular complexity index is 642. The molecule has 2 heterocycles. The molecule has 2 aromatic rings. The highest BCUT2D eigenvalue weighted by Crippen LogP contribution is 2.26. The highest BCUT2D eigenvalue weighted by atomic mass is 35.5. The first-order valence-electron chi connectivity index (χ1n) is 7.41. The molecule has 0 bridgehead atoms. The van der Waals surface area contributed by atoms with E-state index in [9.17, 15) is 9.50 Å². The van der Waals surface area contributed by atoms with Gasteiger partial charge in [0, 0.05) is 28.9 Å². The SMILES string of the molecule is Cl.Cl.O[C@H](c1cncc(F)c1)[C@H]1CC[C@H](Cc2ccc(Cl)cc2)N1. The average molecular weight is 394 g/mol. The Balaban J connectivity index is 0.00000144. The summed E-state index contributed by atoms with van der Waals surface area (Å²) in [6.07, 6.45) is 4.65. The van der Waals surface area contributed by atoms with Gasteiger partial charge in [0.25, 0.3) is 0 Å². The van der Waals surface area contributed by atoms with Crippen LogP contribution in [-0.2, 0) is 6.42 Å². The van der Waals surface area contributed by atoms with Gasteiger partial charge in [-0.05, 0) is 43.0 Å². The first-order valence-corrected chi connectivity index (χ1v) is 7.78. The number of rotatable bonds is 4. The van der Waals surface area contributed by atoms with E-state index in [0.29, 0.717) is 11.6 Å². The molecule has 1 aromatic carbocycles. The molecule has 0 unspecified atom stereocenters. The third kappa shape index (κ3) is 5.30. The van der Waals surface area contributed by atoms with Crippen LogP contribution in [0.2, 0.25) is 5.02 Å². The predicted molar refractivity (Wildman–Crippen MR) is 98.8 cm³/mol. The molecule has 132 valence electrons. The van der Waals surface area contributed by atoms with Crippen molar-refractivity contribution in [1.82, 2.24) is 10.3 Å². The molecule has 0 spiro atoms. The van der Waals surface area contributed by atoms with Crippen LogP contribution in [0.15, 0.2) is 42.7 Å². The number of nitrogens with one attached hydrogen (secondary N) is 1. The topological polar surface area (TPSA) is 45.2 Å². The molecular formula is C17H20Cl3FN2O. The van der Waals surface area contributed by atoms with E-state index in [1.807, 2.05) is 24.3 Å². The molecule has 3 rings (SSSR count). The molecule has 0 radical (unpaired) electrons. The van der Waals surface area contributed by atoms with Crippen LogP contribution in [0.1, 0.15) is 30.1 Å². The van der Waals surface area contributed by atoms with Crippen molar-refractivity contribution in [2.24, 2.45) is 0 Å². The quantitative estimate of drug-likeness (QED) is 0.821. The number of pyridine rings is 1. The fourth-order valence-electron chi connectivity index (χ4n) is 2.99. The highest BCUT2D eigenvalue weighted by molar-refractivity contribution is 6.30. The van der Waals surface area contributed by atoms with Gasteiger partial charge in [-0.2, -0.15) is 0 Å². The van der Waals surface area contributed by atoms with E-state index in [0.717, 1.165) is 30.5 Å². The Hall–Kier alpha value is -0.910. The first kappa shape index (κ1) is 21.1. The maximum atomic E-state index is 13.2. The summed E-state index contributed by atoms with van der Waals surface area (Å²) >= 11 is 5.89. The third-order valence-corrected chi connectivity index (χ3v) is 4.37. The van der Waals surface area contributed by atoms with Crippen LogP contribution in [0.3, 0.4) is 0 Å². The lowest BCUT2D eigenvalue weighted by Gasteiger charge is -2.20. The molecule has 1 aliphatic rings. The third-order valence-electron chi connectivity index (χ3n) is 4.12. The summed E-state index contributed by atoms with van der Waals surface area (Å²) in [4.78, 5) is 3.80. The average Bonchev–Trinajstić information content (AvgIpc) is 2.97. The lowest BCUT2D eigenvalue weighted by Crippen LogP contribution is -2.35. The van der Waals surface area contributed by atoms with Crippen LogP contribution in [0.4, 0.5) is 4.39 Å². The minimum Gasteiger partial charge on any atom is -0.387 e. The molecule has 3 atom stereocenters. The Morgan fingerprint density at radius 1 is 1.21 bits per heavy atom. The van der Waals surface area contributed by atoms with Gasteiger partial charge in [0.15, 0.2) is 0 Å². The molecule has 0 amide bonds. The van der Waals surface area contributed by atoms with E-state index in [4.69, 9.17) is 11.6 Å². The number of aliphatic hydroxyl groups excluding tert-OH is 1. The normalized spacial score (nSPS) is 20.8. The number of aromatic nitrogens is 1. The van der Waals surface area contributed by atoms with E-state index < -0.39 is 11.9 Å². The summed E-state index contributed by atoms with van der Waals surface area (Å²) in [6, 6.07) is 9.39. The summed E-state index contributed by atoms with van der Waals surface area (Å²) in [5.41, 5.74) is 1.73. The molecule has 2 N–H and O–H groups in total. The molecule has 1 saturated heterocycles. The Morgan fingerprint density at radius 2 is 1.92 bits per heavy atom. The zero-order valence-electron chi connectivity index (χ0n) is 12.9. The fraction of sp³-hybridized carbons (Fsp3) is 0.353. The van der Waals surface area contributed by atoms with Crippen molar-refractivity contribution in [3.63, 3.8) is 0 Å². The van der Waals surface area contributed by atoms with Gasteiger partial charge in [0.2, 0.25) is 0 Å². The summed E-state index contributed by atoms with van der Waals surface area (Å²) in [5, 5.41) is 14.5. The Kier molecular flexibility index (Phi) is 8.40. The lowest BCUT2D eigenvalue weighted by molar-refractivity contribution is 0.134. The van der Waals surface area contributed by atoms with Crippen LogP contribution in [0.5, 0.6) is 0 Å². The second-order valence-corrected chi connectivity index (χ2v) is 6.20. The summed E-state index contributed by atoms with van der Waals surface area (Å²) in [7, 11) is 0. The molecule has 3 nitrogen and oxygen atoms in total. The number of hydrogen-bond donors (Lipinski definition) is 2. The van der Waals surface area contributed by atoms with Crippen LogP contribution in [-0.4, -0.2) is 22.2 Å². The molecule has 7 heteroatoms. The van der Waals surface area contributed by atoms with E-state index in [1.165, 1.54) is 17.8 Å². The standard InChI is InChI=1S/C17H18ClFN2O.2ClH/c18-13-3-1-11(2-4-13)7-15-5-6-16(21-15)17(22)12-8-14(19)10-20-9-12;;/h1-4,8-10,15-17,21-22H,5-7H2;2*1H/t15-,16-,17-;;/m1../s1. The monoisotopic (exact) mass is 392 g/mol. The number of benzene rings is 1. The lowest BCUT2D eigenvalue weighted by atomic mass is 10.0. The van der Waals surface area contributed by atoms with Crippen molar-refractivity contribution in [3.05, 3.63) is 64.7 Å². The van der Waals surface area contributed by atoms with Gasteiger partial charge in [-0.3, -0.25) is 4.98 Å². The molecule has 0 saturated carbocycles. The van der Waals surface area contributed by atoms with Crippen molar-refractivity contribution in [1.29, 1.82) is 0 Å². The summed E-state index contributed by atoms with van der Waals surface area (Å²) < 4.78 is 13.2. The number of hydrogen-bond acceptors (Lipinski definition) is 3. The first-order chi connectivity index (χ1) is 10.6. The van der Waals surface area contributed by atoms with Crippen LogP contribution >= 0.6 is 36.4 Å². The van der Waals surface area contributed by atoms with E-state index >= 15 is 0 Å². The molecule has 1 fully saturated rings. The van der Waals surface area contributed by atoms with Gasteiger partial charge in [0.1, 0.15) is 5.82 Å². The molecule has 1 aliphatic heterocycles. The second-order valence-electron chi connectivity index (χ2n) is 5.76. The van der Waals surface area contributed by atoms with E-state index in [1.54, 1.807) is 0 Å². The maximum absolute atomic E-state index is 13.2. The van der Waals surface area contributed by atoms with E-state index in [2.05, 4.69) is 10.3 Å². The fourth-order valence-corrected chi connectivity index (χ4v) is 3.11. The molecular weight excluding hydrogens is 374 g/mol. The Labute approximate surface area is 158 Å². The van der Waals surface area contributed by atoms with Gasteiger partial charge in [-0.1, -0.05) is 23.7 Å². The van der Waals surface area contributed by atoms with Crippen LogP contribution in [0, 0.1) is 5.82 Å². The van der Waals surface area contributed by atoms with Crippen molar-refractivity contribution in [2.75, 3.05) is 0 Å². The highest BCUT2D eigenvalue weighted by Gasteiger charge is 2.30. The molecule has 24 heavy (non-hydrogen) atoms. The van der Waals surface area contributed by atoms with Crippen molar-refractivity contribution < 1.29 is 9.50 Å². The van der Waals surface area contributed by atoms with Gasteiger partial charge >= 0.3 is 0 Å². The summed E-state index contributed by atoms with van der Waals surface area (Å²) in [6.45, 7) is 0. The number of aliphatic hydroxyl groups is 1. The van der Waals surface area contributed by atoms with Crippen LogP contribution < -0.4 is 5.32 Å². The molecule has 1 aromatic heterocycles. The minimum atomic E-state index is -0.738.